The Morgan fingerprint density at radius 3 is 2.26 bits per heavy atom. The molecule has 0 bridgehead atoms. The quantitative estimate of drug-likeness (QED) is 0.140. The van der Waals surface area contributed by atoms with Crippen molar-refractivity contribution in [1.29, 1.82) is 0 Å². The van der Waals surface area contributed by atoms with Crippen molar-refractivity contribution in [2.75, 3.05) is 0 Å². The minimum absolute atomic E-state index is 0.133. The van der Waals surface area contributed by atoms with Gasteiger partial charge in [-0.1, -0.05) is 18.2 Å². The van der Waals surface area contributed by atoms with Gasteiger partial charge in [0.05, 0.1) is 16.3 Å². The van der Waals surface area contributed by atoms with Gasteiger partial charge >= 0.3 is 5.97 Å². The summed E-state index contributed by atoms with van der Waals surface area (Å²) in [6.07, 6.45) is -1.61. The number of pyridine rings is 1. The summed E-state index contributed by atoms with van der Waals surface area (Å²) in [6.45, 7) is 5.32. The van der Waals surface area contributed by atoms with Crippen molar-refractivity contribution in [2.45, 2.75) is 33.6 Å². The van der Waals surface area contributed by atoms with Crippen LogP contribution in [0.3, 0.4) is 0 Å². The predicted octanol–water partition coefficient (Wildman–Crippen LogP) is 3.27. The van der Waals surface area contributed by atoms with E-state index < -0.39 is 12.3 Å². The van der Waals surface area contributed by atoms with Crippen LogP contribution in [0.4, 0.5) is 0 Å². The first-order chi connectivity index (χ1) is 16.2. The van der Waals surface area contributed by atoms with Gasteiger partial charge < -0.3 is 20.3 Å². The number of carbonyl (C=O) groups excluding carboxylic acids is 2. The van der Waals surface area contributed by atoms with Crippen LogP contribution in [0.15, 0.2) is 54.6 Å². The number of aryl methyl sites for hydroxylation is 3. The van der Waals surface area contributed by atoms with Crippen molar-refractivity contribution in [3.05, 3.63) is 82.4 Å². The molecule has 174 valence electrons. The van der Waals surface area contributed by atoms with E-state index >= 15 is 0 Å². The predicted molar refractivity (Wildman–Crippen MR) is 128 cm³/mol. The molecule has 3 aromatic carbocycles. The molecule has 0 radical (unpaired) electrons. The number of hydrogen-bond acceptors (Lipinski definition) is 5. The zero-order valence-electron chi connectivity index (χ0n) is 19.5. The molecule has 0 unspecified atom stereocenters. The van der Waals surface area contributed by atoms with E-state index in [9.17, 15) is 19.8 Å². The SMILES string of the molecule is CC(=O)NCc1ccc2c(c1)c(C(=O)Oc1c(C)cc(C(O)O)cc1C)c1ccccc1[n+]2C. The lowest BCUT2D eigenvalue weighted by molar-refractivity contribution is -0.617. The molecule has 0 aliphatic carbocycles. The number of para-hydroxylation sites is 1. The molecular formula is C27H27N2O5+. The second-order valence-corrected chi connectivity index (χ2v) is 8.46. The molecule has 7 heteroatoms. The van der Waals surface area contributed by atoms with Gasteiger partial charge in [-0.25, -0.2) is 4.79 Å². The molecule has 1 heterocycles. The summed E-state index contributed by atoms with van der Waals surface area (Å²) in [4.78, 5) is 25.1. The molecule has 34 heavy (non-hydrogen) atoms. The highest BCUT2D eigenvalue weighted by atomic mass is 16.5. The molecule has 0 aliphatic heterocycles. The Bertz CT molecular complexity index is 1420. The van der Waals surface area contributed by atoms with E-state index in [1.54, 1.807) is 26.0 Å². The number of nitrogens with one attached hydrogen (secondary N) is 1. The Kier molecular flexibility index (Phi) is 6.32. The maximum absolute atomic E-state index is 13.7. The largest absolute Gasteiger partial charge is 0.422 e. The van der Waals surface area contributed by atoms with E-state index in [2.05, 4.69) is 5.32 Å². The minimum Gasteiger partial charge on any atom is -0.422 e. The fraction of sp³-hybridized carbons (Fsp3) is 0.222. The van der Waals surface area contributed by atoms with Gasteiger partial charge in [-0.15, -0.1) is 0 Å². The fourth-order valence-electron chi connectivity index (χ4n) is 4.32. The first kappa shape index (κ1) is 23.4. The Balaban J connectivity index is 1.89. The molecule has 0 saturated heterocycles. The zero-order valence-corrected chi connectivity index (χ0v) is 19.5. The number of aromatic nitrogens is 1. The summed E-state index contributed by atoms with van der Waals surface area (Å²) >= 11 is 0. The molecule has 4 rings (SSSR count). The number of fused-ring (bicyclic) bond motifs is 2. The van der Waals surface area contributed by atoms with E-state index in [1.807, 2.05) is 54.1 Å². The average Bonchev–Trinajstić information content (AvgIpc) is 2.80. The first-order valence-electron chi connectivity index (χ1n) is 10.9. The van der Waals surface area contributed by atoms with Gasteiger partial charge in [-0.3, -0.25) is 4.79 Å². The molecule has 1 aromatic heterocycles. The number of ether oxygens (including phenoxy) is 1. The second-order valence-electron chi connectivity index (χ2n) is 8.46. The van der Waals surface area contributed by atoms with Crippen LogP contribution in [-0.4, -0.2) is 22.1 Å². The maximum Gasteiger partial charge on any atom is 0.345 e. The summed E-state index contributed by atoms with van der Waals surface area (Å²) in [5, 5.41) is 23.3. The summed E-state index contributed by atoms with van der Waals surface area (Å²) in [6, 6.07) is 16.6. The molecule has 3 N–H and O–H groups in total. The summed E-state index contributed by atoms with van der Waals surface area (Å²) in [5.74, 6) is -0.262. The number of amides is 1. The number of aliphatic hydroxyl groups excluding tert-OH is 1. The van der Waals surface area contributed by atoms with Crippen LogP contribution in [0.5, 0.6) is 5.75 Å². The van der Waals surface area contributed by atoms with E-state index in [1.165, 1.54) is 6.92 Å². The number of nitrogens with zero attached hydrogens (tertiary/aromatic N) is 1. The third-order valence-corrected chi connectivity index (χ3v) is 5.95. The molecule has 0 aliphatic rings. The number of hydrogen-bond donors (Lipinski definition) is 3. The zero-order chi connectivity index (χ0) is 24.6. The van der Waals surface area contributed by atoms with Gasteiger partial charge in [-0.2, -0.15) is 4.57 Å². The Labute approximate surface area is 197 Å². The van der Waals surface area contributed by atoms with E-state index in [-0.39, 0.29) is 5.91 Å². The molecule has 7 nitrogen and oxygen atoms in total. The van der Waals surface area contributed by atoms with Gasteiger partial charge in [0.15, 0.2) is 6.29 Å². The lowest BCUT2D eigenvalue weighted by Crippen LogP contribution is -2.31. The van der Waals surface area contributed by atoms with Crippen molar-refractivity contribution < 1.29 is 29.1 Å². The minimum atomic E-state index is -1.61. The van der Waals surface area contributed by atoms with Crippen LogP contribution in [-0.2, 0) is 18.4 Å². The number of aliphatic hydroxyl groups is 2. The highest BCUT2D eigenvalue weighted by molar-refractivity contribution is 6.13. The Morgan fingerprint density at radius 2 is 1.62 bits per heavy atom. The normalized spacial score (nSPS) is 11.3. The van der Waals surface area contributed by atoms with Crippen molar-refractivity contribution in [3.8, 4) is 5.75 Å². The van der Waals surface area contributed by atoms with Crippen LogP contribution in [0.25, 0.3) is 21.8 Å². The van der Waals surface area contributed by atoms with Crippen molar-refractivity contribution in [3.63, 3.8) is 0 Å². The smallest absolute Gasteiger partial charge is 0.345 e. The van der Waals surface area contributed by atoms with Gasteiger partial charge in [0.25, 0.3) is 0 Å². The lowest BCUT2D eigenvalue weighted by atomic mass is 10.00. The molecule has 0 atom stereocenters. The molecule has 0 fully saturated rings. The molecule has 0 saturated carbocycles. The first-order valence-corrected chi connectivity index (χ1v) is 10.9. The maximum atomic E-state index is 13.7. The van der Waals surface area contributed by atoms with Crippen LogP contribution in [0.1, 0.15) is 45.8 Å². The van der Waals surface area contributed by atoms with E-state index in [0.717, 1.165) is 22.0 Å². The van der Waals surface area contributed by atoms with Crippen LogP contribution in [0, 0.1) is 13.8 Å². The van der Waals surface area contributed by atoms with E-state index in [4.69, 9.17) is 4.74 Å². The fourth-order valence-corrected chi connectivity index (χ4v) is 4.32. The standard InChI is InChI=1S/C27H26N2O5/c1-15-11-19(26(31)32)12-16(2)25(15)34-27(33)24-20-7-5-6-8-22(20)29(4)23-10-9-18(13-21(23)24)14-28-17(3)30/h5-13,26,31-32H,14H2,1-4H3/p+1. The lowest BCUT2D eigenvalue weighted by Gasteiger charge is -2.15. The topological polar surface area (TPSA) is 99.7 Å². The van der Waals surface area contributed by atoms with E-state index in [0.29, 0.717) is 39.9 Å². The van der Waals surface area contributed by atoms with Crippen LogP contribution >= 0.6 is 0 Å². The third-order valence-electron chi connectivity index (χ3n) is 5.95. The van der Waals surface area contributed by atoms with Crippen LogP contribution < -0.4 is 14.6 Å². The summed E-state index contributed by atoms with van der Waals surface area (Å²) in [7, 11) is 1.94. The summed E-state index contributed by atoms with van der Waals surface area (Å²) in [5.41, 5.74) is 4.60. The molecule has 1 amide bonds. The molecule has 4 aromatic rings. The number of carbonyl (C=O) groups is 2. The highest BCUT2D eigenvalue weighted by Gasteiger charge is 2.25. The van der Waals surface area contributed by atoms with Crippen molar-refractivity contribution in [1.82, 2.24) is 5.32 Å². The Hall–Kier alpha value is -3.81. The van der Waals surface area contributed by atoms with Crippen molar-refractivity contribution >= 4 is 33.7 Å². The van der Waals surface area contributed by atoms with Gasteiger partial charge in [0, 0.05) is 31.2 Å². The number of benzene rings is 3. The molecule has 0 spiro atoms. The summed E-state index contributed by atoms with van der Waals surface area (Å²) < 4.78 is 7.94. The van der Waals surface area contributed by atoms with Crippen LogP contribution in [0.2, 0.25) is 0 Å². The van der Waals surface area contributed by atoms with Gasteiger partial charge in [-0.05, 0) is 54.8 Å². The second kappa shape index (κ2) is 9.21. The van der Waals surface area contributed by atoms with Crippen molar-refractivity contribution in [2.24, 2.45) is 7.05 Å². The Morgan fingerprint density at radius 1 is 0.971 bits per heavy atom. The highest BCUT2D eigenvalue weighted by Crippen LogP contribution is 2.31. The number of esters is 1. The third kappa shape index (κ3) is 4.35. The average molecular weight is 460 g/mol. The van der Waals surface area contributed by atoms with Gasteiger partial charge in [0.2, 0.25) is 16.9 Å². The number of rotatable bonds is 5. The molecular weight excluding hydrogens is 432 g/mol. The monoisotopic (exact) mass is 459 g/mol. The van der Waals surface area contributed by atoms with Gasteiger partial charge in [0.1, 0.15) is 12.8 Å².